The van der Waals surface area contributed by atoms with E-state index in [1.165, 1.54) is 9.80 Å². The highest BCUT2D eigenvalue weighted by Gasteiger charge is 2.40. The first-order valence-electron chi connectivity index (χ1n) is 11.8. The average Bonchev–Trinajstić information content (AvgIpc) is 2.88. The van der Waals surface area contributed by atoms with Gasteiger partial charge in [0.2, 0.25) is 5.91 Å². The van der Waals surface area contributed by atoms with Crippen LogP contribution in [0.4, 0.5) is 0 Å². The molecule has 11 nitrogen and oxygen atoms in total. The van der Waals surface area contributed by atoms with Crippen LogP contribution in [-0.4, -0.2) is 88.7 Å². The average molecular weight is 510 g/mol. The van der Waals surface area contributed by atoms with Gasteiger partial charge in [-0.2, -0.15) is 0 Å². The number of aliphatic carboxylic acids is 1. The van der Waals surface area contributed by atoms with E-state index in [0.29, 0.717) is 24.3 Å². The van der Waals surface area contributed by atoms with Gasteiger partial charge in [0.25, 0.3) is 0 Å². The molecule has 3 rings (SSSR count). The highest BCUT2D eigenvalue weighted by atomic mass is 16.5. The Bertz CT molecular complexity index is 1140. The highest BCUT2D eigenvalue weighted by Crippen LogP contribution is 2.17. The molecule has 1 aliphatic rings. The first-order chi connectivity index (χ1) is 17.7. The summed E-state index contributed by atoms with van der Waals surface area (Å²) in [4.78, 5) is 54.1. The number of amides is 3. The Morgan fingerprint density at radius 3 is 2.38 bits per heavy atom. The van der Waals surface area contributed by atoms with Gasteiger partial charge in [-0.05, 0) is 36.2 Å². The smallest absolute Gasteiger partial charge is 0.312 e. The molecule has 0 aromatic heterocycles. The van der Waals surface area contributed by atoms with Crippen LogP contribution in [0.15, 0.2) is 54.6 Å². The molecule has 1 unspecified atom stereocenters. The number of carboxylic acids is 1. The standard InChI is InChI=1S/C26H31N5O6/c1-29(17-18-6-3-2-4-7-18)24(34)21(16-22(32)33)31-14-13-30(25(35)26(31)36)12-5-15-37-20-10-8-19(9-11-20)23(27)28/h2-4,6-11,21H,5,12-17H2,1H3,(H3,27,28)(H,32,33). The molecule has 11 heteroatoms. The third-order valence-electron chi connectivity index (χ3n) is 6.02. The Balaban J connectivity index is 1.55. The van der Waals surface area contributed by atoms with E-state index in [-0.39, 0.29) is 32.0 Å². The lowest BCUT2D eigenvalue weighted by Gasteiger charge is -2.38. The van der Waals surface area contributed by atoms with E-state index < -0.39 is 36.2 Å². The lowest BCUT2D eigenvalue weighted by atomic mass is 10.1. The Labute approximate surface area is 214 Å². The number of nitrogens with zero attached hydrogens (tertiary/aromatic N) is 3. The van der Waals surface area contributed by atoms with E-state index in [1.807, 2.05) is 30.3 Å². The van der Waals surface area contributed by atoms with Crippen LogP contribution < -0.4 is 10.5 Å². The summed E-state index contributed by atoms with van der Waals surface area (Å²) in [5, 5.41) is 16.8. The zero-order chi connectivity index (χ0) is 26.9. The van der Waals surface area contributed by atoms with Crippen LogP contribution in [0.1, 0.15) is 24.0 Å². The quantitative estimate of drug-likeness (QED) is 0.166. The summed E-state index contributed by atoms with van der Waals surface area (Å²) in [6, 6.07) is 14.7. The van der Waals surface area contributed by atoms with E-state index in [2.05, 4.69) is 0 Å². The number of hydrogen-bond donors (Lipinski definition) is 3. The fourth-order valence-corrected chi connectivity index (χ4v) is 4.06. The number of amidine groups is 1. The maximum Gasteiger partial charge on any atom is 0.312 e. The zero-order valence-electron chi connectivity index (χ0n) is 20.6. The van der Waals surface area contributed by atoms with Gasteiger partial charge in [-0.15, -0.1) is 0 Å². The van der Waals surface area contributed by atoms with Gasteiger partial charge in [0, 0.05) is 38.8 Å². The number of likely N-dealkylation sites (N-methyl/N-ethyl adjacent to an activating group) is 1. The molecule has 196 valence electrons. The van der Waals surface area contributed by atoms with Crippen LogP contribution in [0.3, 0.4) is 0 Å². The number of piperazine rings is 1. The number of nitrogens with two attached hydrogens (primary N) is 1. The number of rotatable bonds is 12. The summed E-state index contributed by atoms with van der Waals surface area (Å²) in [6.45, 7) is 1.06. The molecule has 0 saturated carbocycles. The Morgan fingerprint density at radius 2 is 1.76 bits per heavy atom. The van der Waals surface area contributed by atoms with Crippen LogP contribution in [0.5, 0.6) is 5.75 Å². The predicted octanol–water partition coefficient (Wildman–Crippen LogP) is 0.912. The van der Waals surface area contributed by atoms with Gasteiger partial charge < -0.3 is 30.3 Å². The molecule has 0 spiro atoms. The molecule has 1 heterocycles. The van der Waals surface area contributed by atoms with Crippen LogP contribution in [-0.2, 0) is 25.7 Å². The molecule has 0 aliphatic carbocycles. The second kappa shape index (κ2) is 12.5. The second-order valence-corrected chi connectivity index (χ2v) is 8.72. The van der Waals surface area contributed by atoms with Crippen molar-refractivity contribution in [1.29, 1.82) is 5.41 Å². The zero-order valence-corrected chi connectivity index (χ0v) is 20.6. The number of carbonyl (C=O) groups is 4. The van der Waals surface area contributed by atoms with Crippen molar-refractivity contribution in [2.24, 2.45) is 5.73 Å². The molecule has 3 amide bonds. The SMILES string of the molecule is CN(Cc1ccccc1)C(=O)C(CC(=O)O)N1CCN(CCCOc2ccc(C(=N)N)cc2)C(=O)C1=O. The van der Waals surface area contributed by atoms with Crippen LogP contribution in [0, 0.1) is 5.41 Å². The largest absolute Gasteiger partial charge is 0.494 e. The van der Waals surface area contributed by atoms with Gasteiger partial charge in [-0.1, -0.05) is 30.3 Å². The molecular weight excluding hydrogens is 478 g/mol. The fraction of sp³-hybridized carbons (Fsp3) is 0.346. The van der Waals surface area contributed by atoms with Gasteiger partial charge in [0.05, 0.1) is 13.0 Å². The van der Waals surface area contributed by atoms with Gasteiger partial charge in [0.1, 0.15) is 17.6 Å². The molecule has 1 atom stereocenters. The van der Waals surface area contributed by atoms with E-state index in [9.17, 15) is 24.3 Å². The van der Waals surface area contributed by atoms with Gasteiger partial charge in [0.15, 0.2) is 0 Å². The summed E-state index contributed by atoms with van der Waals surface area (Å²) >= 11 is 0. The number of carboxylic acid groups (broad SMARTS) is 1. The van der Waals surface area contributed by atoms with Crippen LogP contribution in [0.2, 0.25) is 0 Å². The maximum absolute atomic E-state index is 13.1. The van der Waals surface area contributed by atoms with E-state index in [0.717, 1.165) is 10.5 Å². The van der Waals surface area contributed by atoms with E-state index >= 15 is 0 Å². The summed E-state index contributed by atoms with van der Waals surface area (Å²) in [7, 11) is 1.54. The molecular formula is C26H31N5O6. The number of nitrogens with one attached hydrogen (secondary N) is 1. The predicted molar refractivity (Wildman–Crippen MR) is 135 cm³/mol. The Kier molecular flexibility index (Phi) is 9.20. The van der Waals surface area contributed by atoms with Crippen molar-refractivity contribution in [2.75, 3.05) is 33.3 Å². The molecule has 1 fully saturated rings. The van der Waals surface area contributed by atoms with E-state index in [1.54, 1.807) is 31.3 Å². The molecule has 4 N–H and O–H groups in total. The van der Waals surface area contributed by atoms with Gasteiger partial charge in [-0.3, -0.25) is 24.6 Å². The van der Waals surface area contributed by atoms with Crippen molar-refractivity contribution >= 4 is 29.5 Å². The monoisotopic (exact) mass is 509 g/mol. The topological polar surface area (TPSA) is 157 Å². The third-order valence-corrected chi connectivity index (χ3v) is 6.02. The van der Waals surface area contributed by atoms with Crippen molar-refractivity contribution in [3.8, 4) is 5.75 Å². The molecule has 1 saturated heterocycles. The Morgan fingerprint density at radius 1 is 1.08 bits per heavy atom. The molecule has 0 radical (unpaired) electrons. The number of benzene rings is 2. The maximum atomic E-state index is 13.1. The van der Waals surface area contributed by atoms with Gasteiger partial charge >= 0.3 is 17.8 Å². The minimum atomic E-state index is -1.27. The number of nitrogen functional groups attached to an aromatic ring is 1. The molecule has 37 heavy (non-hydrogen) atoms. The Hall–Kier alpha value is -4.41. The van der Waals surface area contributed by atoms with Crippen molar-refractivity contribution in [1.82, 2.24) is 14.7 Å². The number of hydrogen-bond acceptors (Lipinski definition) is 6. The summed E-state index contributed by atoms with van der Waals surface area (Å²) in [5.41, 5.74) is 6.87. The number of ether oxygens (including phenoxy) is 1. The minimum absolute atomic E-state index is 0.0380. The lowest BCUT2D eigenvalue weighted by molar-refractivity contribution is -0.162. The molecule has 1 aliphatic heterocycles. The van der Waals surface area contributed by atoms with Crippen LogP contribution in [0.25, 0.3) is 0 Å². The highest BCUT2D eigenvalue weighted by molar-refractivity contribution is 6.35. The fourth-order valence-electron chi connectivity index (χ4n) is 4.06. The van der Waals surface area contributed by atoms with Crippen LogP contribution >= 0.6 is 0 Å². The van der Waals surface area contributed by atoms with Crippen molar-refractivity contribution in [3.05, 3.63) is 65.7 Å². The minimum Gasteiger partial charge on any atom is -0.494 e. The van der Waals surface area contributed by atoms with Crippen molar-refractivity contribution in [3.63, 3.8) is 0 Å². The third kappa shape index (κ3) is 7.29. The first kappa shape index (κ1) is 27.2. The van der Waals surface area contributed by atoms with Crippen molar-refractivity contribution in [2.45, 2.75) is 25.4 Å². The normalized spacial score (nSPS) is 14.3. The van der Waals surface area contributed by atoms with Gasteiger partial charge in [-0.25, -0.2) is 0 Å². The molecule has 2 aromatic rings. The first-order valence-corrected chi connectivity index (χ1v) is 11.8. The molecule has 0 bridgehead atoms. The van der Waals surface area contributed by atoms with Crippen molar-refractivity contribution < 1.29 is 29.0 Å². The summed E-state index contributed by atoms with van der Waals surface area (Å²) < 4.78 is 5.64. The molecule has 2 aromatic carbocycles. The summed E-state index contributed by atoms with van der Waals surface area (Å²) in [6.07, 6.45) is -0.127. The lowest BCUT2D eigenvalue weighted by Crippen LogP contribution is -2.61. The summed E-state index contributed by atoms with van der Waals surface area (Å²) in [5.74, 6) is -2.88. The second-order valence-electron chi connectivity index (χ2n) is 8.72. The number of carbonyl (C=O) groups excluding carboxylic acids is 3. The van der Waals surface area contributed by atoms with E-state index in [4.69, 9.17) is 15.9 Å².